The molecule has 0 N–H and O–H groups in total. The van der Waals surface area contributed by atoms with Gasteiger partial charge in [-0.3, -0.25) is 4.79 Å². The molecule has 0 saturated carbocycles. The van der Waals surface area contributed by atoms with Crippen LogP contribution in [0.15, 0.2) is 51.9 Å². The second-order valence-corrected chi connectivity index (χ2v) is 7.24. The number of hydrogen-bond acceptors (Lipinski definition) is 5. The van der Waals surface area contributed by atoms with E-state index in [-0.39, 0.29) is 17.9 Å². The maximum Gasteiger partial charge on any atom is 0.256 e. The fourth-order valence-corrected chi connectivity index (χ4v) is 3.64. The third-order valence-electron chi connectivity index (χ3n) is 4.75. The number of piperidine rings is 1. The molecule has 1 aromatic carbocycles. The Hall–Kier alpha value is -2.48. The van der Waals surface area contributed by atoms with Crippen molar-refractivity contribution in [3.8, 4) is 5.69 Å². The molecule has 0 spiro atoms. The summed E-state index contributed by atoms with van der Waals surface area (Å²) in [5.74, 6) is 0.737. The van der Waals surface area contributed by atoms with Crippen LogP contribution in [-0.4, -0.2) is 43.4 Å². The van der Waals surface area contributed by atoms with Crippen LogP contribution in [0.4, 0.5) is 0 Å². The number of hydrogen-bond donors (Lipinski definition) is 0. The summed E-state index contributed by atoms with van der Waals surface area (Å²) in [5.41, 5.74) is 1.26. The van der Waals surface area contributed by atoms with Crippen molar-refractivity contribution in [2.45, 2.75) is 31.7 Å². The van der Waals surface area contributed by atoms with Gasteiger partial charge in [0.15, 0.2) is 5.89 Å². The third kappa shape index (κ3) is 3.16. The van der Waals surface area contributed by atoms with Crippen molar-refractivity contribution >= 4 is 21.8 Å². The molecule has 1 fully saturated rings. The molecule has 3 heterocycles. The lowest BCUT2D eigenvalue weighted by atomic mass is 9.92. The molecule has 1 amide bonds. The van der Waals surface area contributed by atoms with Gasteiger partial charge in [-0.15, -0.1) is 0 Å². The molecule has 1 saturated heterocycles. The van der Waals surface area contributed by atoms with Crippen LogP contribution in [0, 0.1) is 0 Å². The van der Waals surface area contributed by atoms with Crippen LogP contribution < -0.4 is 0 Å². The van der Waals surface area contributed by atoms with E-state index in [0.717, 1.165) is 12.8 Å². The van der Waals surface area contributed by atoms with Crippen molar-refractivity contribution in [1.82, 2.24) is 24.9 Å². The Bertz CT molecular complexity index is 908. The molecular weight excluding hydrogens is 398 g/mol. The summed E-state index contributed by atoms with van der Waals surface area (Å²) in [7, 11) is 0. The van der Waals surface area contributed by atoms with Gasteiger partial charge in [-0.05, 0) is 47.8 Å². The highest BCUT2D eigenvalue weighted by atomic mass is 79.9. The summed E-state index contributed by atoms with van der Waals surface area (Å²) in [6.07, 6.45) is 6.62. The zero-order valence-corrected chi connectivity index (χ0v) is 15.8. The van der Waals surface area contributed by atoms with Crippen molar-refractivity contribution < 1.29 is 9.21 Å². The summed E-state index contributed by atoms with van der Waals surface area (Å²) >= 11 is 3.32. The zero-order valence-electron chi connectivity index (χ0n) is 14.2. The molecule has 7 nitrogen and oxygen atoms in total. The predicted octanol–water partition coefficient (Wildman–Crippen LogP) is 3.43. The van der Waals surface area contributed by atoms with Crippen molar-refractivity contribution in [2.75, 3.05) is 6.54 Å². The Balaban J connectivity index is 1.63. The molecule has 0 bridgehead atoms. The van der Waals surface area contributed by atoms with E-state index < -0.39 is 0 Å². The fraction of sp³-hybridized carbons (Fsp3) is 0.333. The van der Waals surface area contributed by atoms with E-state index >= 15 is 0 Å². The number of oxazole rings is 1. The third-order valence-corrected chi connectivity index (χ3v) is 5.12. The first-order valence-corrected chi connectivity index (χ1v) is 9.30. The average Bonchev–Trinajstić information content (AvgIpc) is 3.33. The van der Waals surface area contributed by atoms with Gasteiger partial charge in [-0.2, -0.15) is 15.0 Å². The minimum absolute atomic E-state index is 0.0271. The molecule has 2 atom stereocenters. The van der Waals surface area contributed by atoms with Crippen LogP contribution >= 0.6 is 15.9 Å². The van der Waals surface area contributed by atoms with E-state index in [1.54, 1.807) is 18.7 Å². The number of halogens is 1. The highest BCUT2D eigenvalue weighted by Crippen LogP contribution is 2.31. The zero-order chi connectivity index (χ0) is 18.1. The Morgan fingerprint density at radius 1 is 1.23 bits per heavy atom. The summed E-state index contributed by atoms with van der Waals surface area (Å²) in [6.45, 7) is 2.65. The van der Waals surface area contributed by atoms with E-state index in [1.165, 1.54) is 4.80 Å². The van der Waals surface area contributed by atoms with E-state index in [1.807, 2.05) is 29.2 Å². The minimum Gasteiger partial charge on any atom is -0.447 e. The predicted molar refractivity (Wildman–Crippen MR) is 98.0 cm³/mol. The van der Waals surface area contributed by atoms with Gasteiger partial charge in [0.25, 0.3) is 5.91 Å². The second kappa shape index (κ2) is 7.03. The maximum atomic E-state index is 13.3. The molecule has 26 heavy (non-hydrogen) atoms. The van der Waals surface area contributed by atoms with Crippen LogP contribution in [-0.2, 0) is 0 Å². The molecule has 8 heteroatoms. The lowest BCUT2D eigenvalue weighted by molar-refractivity contribution is 0.0596. The number of carbonyl (C=O) groups excluding carboxylic acids is 1. The summed E-state index contributed by atoms with van der Waals surface area (Å²) < 4.78 is 6.22. The van der Waals surface area contributed by atoms with Crippen LogP contribution in [0.3, 0.4) is 0 Å². The van der Waals surface area contributed by atoms with Crippen LogP contribution in [0.2, 0.25) is 0 Å². The van der Waals surface area contributed by atoms with Crippen LogP contribution in [0.25, 0.3) is 5.69 Å². The van der Waals surface area contributed by atoms with E-state index in [2.05, 4.69) is 38.0 Å². The van der Waals surface area contributed by atoms with Gasteiger partial charge in [0.1, 0.15) is 10.9 Å². The normalized spacial score (nSPS) is 20.3. The van der Waals surface area contributed by atoms with Crippen molar-refractivity contribution in [3.63, 3.8) is 0 Å². The van der Waals surface area contributed by atoms with Gasteiger partial charge in [-0.25, -0.2) is 4.98 Å². The largest absolute Gasteiger partial charge is 0.447 e. The lowest BCUT2D eigenvalue weighted by Gasteiger charge is -2.37. The van der Waals surface area contributed by atoms with Gasteiger partial charge in [0, 0.05) is 12.6 Å². The molecule has 2 aromatic heterocycles. The molecule has 2 unspecified atom stereocenters. The quantitative estimate of drug-likeness (QED) is 0.654. The van der Waals surface area contributed by atoms with Crippen molar-refractivity contribution in [2.24, 2.45) is 0 Å². The molecule has 1 aliphatic rings. The first-order valence-electron chi connectivity index (χ1n) is 8.51. The number of aromatic nitrogens is 4. The summed E-state index contributed by atoms with van der Waals surface area (Å²) in [4.78, 5) is 21.1. The second-order valence-electron chi connectivity index (χ2n) is 6.42. The van der Waals surface area contributed by atoms with E-state index in [9.17, 15) is 4.79 Å². The Morgan fingerprint density at radius 2 is 2.00 bits per heavy atom. The Labute approximate surface area is 159 Å². The van der Waals surface area contributed by atoms with Crippen molar-refractivity contribution in [3.05, 3.63) is 59.0 Å². The SMILES string of the molecule is CC1CCC(c2nc(Br)co2)CN1C(=O)c1ccccc1-n1nccn1. The minimum atomic E-state index is -0.0271. The Kier molecular flexibility index (Phi) is 4.58. The van der Waals surface area contributed by atoms with Gasteiger partial charge in [-0.1, -0.05) is 12.1 Å². The van der Waals surface area contributed by atoms with E-state index in [4.69, 9.17) is 4.42 Å². The number of carbonyl (C=O) groups is 1. The number of benzene rings is 1. The van der Waals surface area contributed by atoms with Crippen molar-refractivity contribution in [1.29, 1.82) is 0 Å². The number of nitrogens with zero attached hydrogens (tertiary/aromatic N) is 5. The Morgan fingerprint density at radius 3 is 2.73 bits per heavy atom. The average molecular weight is 416 g/mol. The molecule has 134 valence electrons. The first-order chi connectivity index (χ1) is 12.6. The van der Waals surface area contributed by atoms with Gasteiger partial charge < -0.3 is 9.32 Å². The summed E-state index contributed by atoms with van der Waals surface area (Å²) in [5, 5.41) is 8.33. The molecule has 3 aromatic rings. The van der Waals surface area contributed by atoms with Gasteiger partial charge >= 0.3 is 0 Å². The lowest BCUT2D eigenvalue weighted by Crippen LogP contribution is -2.45. The molecule has 4 rings (SSSR count). The van der Waals surface area contributed by atoms with Crippen LogP contribution in [0.1, 0.15) is 41.9 Å². The monoisotopic (exact) mass is 415 g/mol. The number of rotatable bonds is 3. The first kappa shape index (κ1) is 17.0. The van der Waals surface area contributed by atoms with Crippen LogP contribution in [0.5, 0.6) is 0 Å². The molecular formula is C18H18BrN5O2. The summed E-state index contributed by atoms with van der Waals surface area (Å²) in [6, 6.07) is 7.55. The molecule has 0 radical (unpaired) electrons. The number of likely N-dealkylation sites (tertiary alicyclic amines) is 1. The number of amides is 1. The molecule has 0 aliphatic carbocycles. The van der Waals surface area contributed by atoms with Gasteiger partial charge in [0.2, 0.25) is 0 Å². The standard InChI is InChI=1S/C18H18BrN5O2/c1-12-6-7-13(17-22-16(19)11-26-17)10-23(12)18(25)14-4-2-3-5-15(14)24-20-8-9-21-24/h2-5,8-9,11-13H,6-7,10H2,1H3. The van der Waals surface area contributed by atoms with E-state index in [0.29, 0.717) is 28.3 Å². The highest BCUT2D eigenvalue weighted by molar-refractivity contribution is 9.10. The van der Waals surface area contributed by atoms with Gasteiger partial charge in [0.05, 0.1) is 29.6 Å². The number of para-hydroxylation sites is 1. The highest BCUT2D eigenvalue weighted by Gasteiger charge is 2.33. The molecule has 1 aliphatic heterocycles. The smallest absolute Gasteiger partial charge is 0.256 e. The maximum absolute atomic E-state index is 13.3. The topological polar surface area (TPSA) is 77.0 Å². The fourth-order valence-electron chi connectivity index (χ4n) is 3.37.